The van der Waals surface area contributed by atoms with Gasteiger partial charge in [-0.15, -0.1) is 0 Å². The van der Waals surface area contributed by atoms with Crippen molar-refractivity contribution < 1.29 is 9.53 Å². The van der Waals surface area contributed by atoms with Gasteiger partial charge in [-0.2, -0.15) is 5.10 Å². The van der Waals surface area contributed by atoms with Gasteiger partial charge in [0.2, 0.25) is 0 Å². The van der Waals surface area contributed by atoms with Crippen molar-refractivity contribution in [3.8, 4) is 5.75 Å². The molecule has 1 aliphatic rings. The molecule has 1 heterocycles. The van der Waals surface area contributed by atoms with E-state index in [0.717, 1.165) is 17.5 Å². The molecule has 1 atom stereocenters. The van der Waals surface area contributed by atoms with Crippen LogP contribution in [0.15, 0.2) is 41.5 Å². The molecule has 1 amide bonds. The quantitative estimate of drug-likeness (QED) is 0.629. The van der Waals surface area contributed by atoms with Gasteiger partial charge in [0.15, 0.2) is 0 Å². The molecular weight excluding hydrogens is 350 g/mol. The molecule has 0 radical (unpaired) electrons. The molecule has 1 unspecified atom stereocenters. The lowest BCUT2D eigenvalue weighted by molar-refractivity contribution is 0.0952. The first-order chi connectivity index (χ1) is 13.2. The number of fused-ring (bicyclic) bond motifs is 1. The maximum Gasteiger partial charge on any atom is 0.275 e. The summed E-state index contributed by atoms with van der Waals surface area (Å²) >= 11 is 0. The zero-order valence-corrected chi connectivity index (χ0v) is 17.5. The number of hydrogen-bond acceptors (Lipinski definition) is 4. The Morgan fingerprint density at radius 2 is 2.04 bits per heavy atom. The fourth-order valence-electron chi connectivity index (χ4n) is 3.93. The molecule has 148 valence electrons. The largest absolute Gasteiger partial charge is 0.496 e. The number of hydrazone groups is 1. The number of aryl methyl sites for hydroxylation is 1. The van der Waals surface area contributed by atoms with Gasteiger partial charge in [-0.1, -0.05) is 19.1 Å². The average molecular weight is 380 g/mol. The van der Waals surface area contributed by atoms with E-state index in [4.69, 9.17) is 4.74 Å². The second-order valence-electron chi connectivity index (χ2n) is 8.14. The van der Waals surface area contributed by atoms with Crippen molar-refractivity contribution in [2.45, 2.75) is 45.6 Å². The van der Waals surface area contributed by atoms with Crippen molar-refractivity contribution >= 4 is 17.8 Å². The van der Waals surface area contributed by atoms with E-state index in [0.29, 0.717) is 17.2 Å². The van der Waals surface area contributed by atoms with Crippen LogP contribution in [0.4, 0.5) is 5.69 Å². The maximum atomic E-state index is 12.4. The van der Waals surface area contributed by atoms with E-state index in [9.17, 15) is 4.79 Å². The molecule has 0 aliphatic carbocycles. The SMILES string of the molecule is COc1ccccc1C(=O)N/N=C/c1cc2c(cc1C)N(C)C(C)(C)CC2C. The highest BCUT2D eigenvalue weighted by Gasteiger charge is 2.34. The molecule has 3 rings (SSSR count). The standard InChI is InChI=1S/C23H29N3O2/c1-15-11-20-19(16(2)13-23(3,4)26(20)5)12-17(15)14-24-25-22(27)18-9-7-8-10-21(18)28-6/h7-12,14,16H,13H2,1-6H3,(H,25,27)/b24-14+. The minimum atomic E-state index is -0.292. The zero-order valence-electron chi connectivity index (χ0n) is 17.5. The van der Waals surface area contributed by atoms with Crippen LogP contribution in [0, 0.1) is 6.92 Å². The third kappa shape index (κ3) is 3.75. The van der Waals surface area contributed by atoms with E-state index in [-0.39, 0.29) is 11.4 Å². The molecule has 0 spiro atoms. The van der Waals surface area contributed by atoms with Crippen molar-refractivity contribution in [2.75, 3.05) is 19.1 Å². The molecule has 0 bridgehead atoms. The number of amides is 1. The van der Waals surface area contributed by atoms with Crippen molar-refractivity contribution in [1.29, 1.82) is 0 Å². The fraction of sp³-hybridized carbons (Fsp3) is 0.391. The normalized spacial score (nSPS) is 18.1. The summed E-state index contributed by atoms with van der Waals surface area (Å²) < 4.78 is 5.23. The smallest absolute Gasteiger partial charge is 0.275 e. The molecule has 0 saturated carbocycles. The van der Waals surface area contributed by atoms with Crippen LogP contribution in [0.5, 0.6) is 5.75 Å². The van der Waals surface area contributed by atoms with E-state index in [1.165, 1.54) is 11.3 Å². The predicted molar refractivity (Wildman–Crippen MR) is 115 cm³/mol. The molecular formula is C23H29N3O2. The van der Waals surface area contributed by atoms with E-state index in [2.05, 4.69) is 62.3 Å². The highest BCUT2D eigenvalue weighted by molar-refractivity contribution is 5.97. The summed E-state index contributed by atoms with van der Waals surface area (Å²) in [5.41, 5.74) is 7.94. The Morgan fingerprint density at radius 3 is 2.75 bits per heavy atom. The summed E-state index contributed by atoms with van der Waals surface area (Å²) in [7, 11) is 3.71. The number of nitrogens with zero attached hydrogens (tertiary/aromatic N) is 2. The molecule has 5 nitrogen and oxygen atoms in total. The lowest BCUT2D eigenvalue weighted by atomic mass is 9.79. The number of ether oxygens (including phenoxy) is 1. The topological polar surface area (TPSA) is 53.9 Å². The lowest BCUT2D eigenvalue weighted by Crippen LogP contribution is -2.45. The van der Waals surface area contributed by atoms with E-state index in [1.54, 1.807) is 31.5 Å². The predicted octanol–water partition coefficient (Wildman–Crippen LogP) is 4.49. The van der Waals surface area contributed by atoms with Gasteiger partial charge in [-0.25, -0.2) is 5.43 Å². The van der Waals surface area contributed by atoms with Crippen molar-refractivity contribution in [1.82, 2.24) is 5.43 Å². The average Bonchev–Trinajstić information content (AvgIpc) is 2.66. The van der Waals surface area contributed by atoms with Crippen LogP contribution in [-0.4, -0.2) is 31.8 Å². The maximum absolute atomic E-state index is 12.4. The Morgan fingerprint density at radius 1 is 1.32 bits per heavy atom. The zero-order chi connectivity index (χ0) is 20.5. The highest BCUT2D eigenvalue weighted by Crippen LogP contribution is 2.43. The summed E-state index contributed by atoms with van der Waals surface area (Å²) in [6.45, 7) is 8.91. The van der Waals surface area contributed by atoms with Gasteiger partial charge in [0.05, 0.1) is 18.9 Å². The minimum Gasteiger partial charge on any atom is -0.496 e. The number of hydrogen-bond donors (Lipinski definition) is 1. The van der Waals surface area contributed by atoms with Crippen LogP contribution < -0.4 is 15.1 Å². The van der Waals surface area contributed by atoms with Gasteiger partial charge in [-0.05, 0) is 74.1 Å². The summed E-state index contributed by atoms with van der Waals surface area (Å²) in [6, 6.07) is 11.5. The van der Waals surface area contributed by atoms with Crippen LogP contribution in [0.1, 0.15) is 60.2 Å². The highest BCUT2D eigenvalue weighted by atomic mass is 16.5. The van der Waals surface area contributed by atoms with Gasteiger partial charge in [0, 0.05) is 18.3 Å². The Balaban J connectivity index is 1.82. The second-order valence-corrected chi connectivity index (χ2v) is 8.14. The van der Waals surface area contributed by atoms with Crippen molar-refractivity contribution in [3.63, 3.8) is 0 Å². The molecule has 5 heteroatoms. The number of methoxy groups -OCH3 is 1. The van der Waals surface area contributed by atoms with Crippen molar-refractivity contribution in [2.24, 2.45) is 5.10 Å². The first-order valence-corrected chi connectivity index (χ1v) is 9.59. The lowest BCUT2D eigenvalue weighted by Gasteiger charge is -2.45. The number of para-hydroxylation sites is 1. The molecule has 2 aromatic carbocycles. The van der Waals surface area contributed by atoms with E-state index in [1.807, 2.05) is 6.07 Å². The summed E-state index contributed by atoms with van der Waals surface area (Å²) in [6.07, 6.45) is 2.82. The monoisotopic (exact) mass is 379 g/mol. The number of anilines is 1. The third-order valence-corrected chi connectivity index (χ3v) is 5.74. The Hall–Kier alpha value is -2.82. The summed E-state index contributed by atoms with van der Waals surface area (Å²) in [4.78, 5) is 14.7. The van der Waals surface area contributed by atoms with Gasteiger partial charge >= 0.3 is 0 Å². The fourth-order valence-corrected chi connectivity index (χ4v) is 3.93. The van der Waals surface area contributed by atoms with Crippen LogP contribution in [-0.2, 0) is 0 Å². The number of carbonyl (C=O) groups excluding carboxylic acids is 1. The first kappa shape index (κ1) is 19.9. The van der Waals surface area contributed by atoms with Crippen molar-refractivity contribution in [3.05, 3.63) is 58.7 Å². The molecule has 1 aliphatic heterocycles. The molecule has 2 aromatic rings. The van der Waals surface area contributed by atoms with E-state index < -0.39 is 0 Å². The van der Waals surface area contributed by atoms with Crippen LogP contribution >= 0.6 is 0 Å². The van der Waals surface area contributed by atoms with Gasteiger partial charge in [0.1, 0.15) is 5.75 Å². The number of carbonyl (C=O) groups is 1. The third-order valence-electron chi connectivity index (χ3n) is 5.74. The molecule has 0 aromatic heterocycles. The molecule has 0 saturated heterocycles. The minimum absolute atomic E-state index is 0.136. The van der Waals surface area contributed by atoms with Crippen LogP contribution in [0.3, 0.4) is 0 Å². The Labute approximate surface area is 167 Å². The Bertz CT molecular complexity index is 918. The van der Waals surface area contributed by atoms with Gasteiger partial charge in [-0.3, -0.25) is 4.79 Å². The van der Waals surface area contributed by atoms with Crippen LogP contribution in [0.2, 0.25) is 0 Å². The van der Waals surface area contributed by atoms with Gasteiger partial charge < -0.3 is 9.64 Å². The summed E-state index contributed by atoms with van der Waals surface area (Å²) in [5, 5.41) is 4.18. The summed E-state index contributed by atoms with van der Waals surface area (Å²) in [5.74, 6) is 0.705. The van der Waals surface area contributed by atoms with Crippen LogP contribution in [0.25, 0.3) is 0 Å². The van der Waals surface area contributed by atoms with Gasteiger partial charge in [0.25, 0.3) is 5.91 Å². The molecule has 1 N–H and O–H groups in total. The molecule has 28 heavy (non-hydrogen) atoms. The van der Waals surface area contributed by atoms with E-state index >= 15 is 0 Å². The molecule has 0 fully saturated rings. The first-order valence-electron chi connectivity index (χ1n) is 9.59. The Kier molecular flexibility index (Phi) is 5.45. The second kappa shape index (κ2) is 7.66. The number of nitrogens with one attached hydrogen (secondary N) is 1. The number of rotatable bonds is 4. The number of benzene rings is 2.